The van der Waals surface area contributed by atoms with Gasteiger partial charge in [0.15, 0.2) is 17.2 Å². The van der Waals surface area contributed by atoms with Crippen LogP contribution in [0.3, 0.4) is 0 Å². The van der Waals surface area contributed by atoms with Gasteiger partial charge in [0.1, 0.15) is 12.1 Å². The van der Waals surface area contributed by atoms with Crippen LogP contribution in [0.25, 0.3) is 0 Å². The van der Waals surface area contributed by atoms with Crippen molar-refractivity contribution < 1.29 is 34.1 Å². The molecular formula is C28H40FNO6. The molecule has 8 atom stereocenters. The highest BCUT2D eigenvalue weighted by molar-refractivity contribution is 6.01. The number of halogens is 1. The first-order valence-corrected chi connectivity index (χ1v) is 13.2. The van der Waals surface area contributed by atoms with Gasteiger partial charge in [0, 0.05) is 23.3 Å². The second-order valence-corrected chi connectivity index (χ2v) is 12.4. The molecule has 1 amide bonds. The minimum atomic E-state index is -2.07. The molecule has 0 aromatic rings. The highest BCUT2D eigenvalue weighted by Gasteiger charge is 2.77. The average Bonchev–Trinajstić information content (AvgIpc) is 3.02. The number of ketones is 2. The van der Waals surface area contributed by atoms with E-state index in [0.29, 0.717) is 31.3 Å². The number of aliphatic hydroxyl groups is 2. The van der Waals surface area contributed by atoms with Crippen LogP contribution >= 0.6 is 0 Å². The topological polar surface area (TPSA) is 115 Å². The van der Waals surface area contributed by atoms with Gasteiger partial charge in [-0.25, -0.2) is 9.18 Å². The van der Waals surface area contributed by atoms with Crippen molar-refractivity contribution in [3.05, 3.63) is 23.8 Å². The molecule has 3 saturated carbocycles. The fraction of sp³-hybridized carbons (Fsp3) is 0.750. The number of nitrogens with zero attached hydrogens (tertiary/aromatic N) is 1. The molecule has 0 aliphatic heterocycles. The molecule has 0 heterocycles. The molecule has 3 N–H and O–H groups in total. The van der Waals surface area contributed by atoms with Gasteiger partial charge in [0.25, 0.3) is 0 Å². The maximum atomic E-state index is 17.4. The van der Waals surface area contributed by atoms with E-state index >= 15 is 4.39 Å². The van der Waals surface area contributed by atoms with Crippen LogP contribution in [0.4, 0.5) is 9.18 Å². The summed E-state index contributed by atoms with van der Waals surface area (Å²) in [5.41, 5.74) is -5.21. The smallest absolute Gasteiger partial charge is 0.408 e. The molecule has 0 saturated heterocycles. The van der Waals surface area contributed by atoms with E-state index in [4.69, 9.17) is 0 Å². The fourth-order valence-corrected chi connectivity index (χ4v) is 8.80. The summed E-state index contributed by atoms with van der Waals surface area (Å²) in [6.45, 7) is 8.61. The van der Waals surface area contributed by atoms with Crippen LogP contribution in [0.2, 0.25) is 0 Å². The number of aliphatic hydroxyl groups excluding tert-OH is 2. The Labute approximate surface area is 212 Å². The lowest BCUT2D eigenvalue weighted by molar-refractivity contribution is -0.208. The fourth-order valence-electron chi connectivity index (χ4n) is 8.80. The van der Waals surface area contributed by atoms with Crippen LogP contribution in [0.15, 0.2) is 23.8 Å². The van der Waals surface area contributed by atoms with E-state index in [0.717, 1.165) is 0 Å². The summed E-state index contributed by atoms with van der Waals surface area (Å²) in [4.78, 5) is 39.6. The summed E-state index contributed by atoms with van der Waals surface area (Å²) in [7, 11) is 0. The lowest BCUT2D eigenvalue weighted by atomic mass is 9.44. The van der Waals surface area contributed by atoms with Gasteiger partial charge in [0.05, 0.1) is 6.10 Å². The van der Waals surface area contributed by atoms with Crippen LogP contribution in [0.1, 0.15) is 66.7 Å². The SMILES string of the molecule is CC(C)CCN(C(=O)O)[C@@]1(C(=O)CO)[C@@H](C)CC2C3CCC4=CC(=O)C=C[C@]4(C)C3(F)[C@@H](O)C[C@@]21C. The average molecular weight is 506 g/mol. The Kier molecular flexibility index (Phi) is 6.57. The summed E-state index contributed by atoms with van der Waals surface area (Å²) in [5, 5.41) is 32.1. The summed E-state index contributed by atoms with van der Waals surface area (Å²) < 4.78 is 17.4. The van der Waals surface area contributed by atoms with Crippen LogP contribution in [0, 0.1) is 34.5 Å². The zero-order valence-electron chi connectivity index (χ0n) is 22.0. The van der Waals surface area contributed by atoms with E-state index in [1.54, 1.807) is 13.0 Å². The summed E-state index contributed by atoms with van der Waals surface area (Å²) in [6, 6.07) is 0. The third-order valence-electron chi connectivity index (χ3n) is 10.4. The van der Waals surface area contributed by atoms with Crippen molar-refractivity contribution in [3.63, 3.8) is 0 Å². The highest BCUT2D eigenvalue weighted by atomic mass is 19.1. The molecule has 7 nitrogen and oxygen atoms in total. The lowest BCUT2D eigenvalue weighted by Crippen LogP contribution is -2.73. The number of carbonyl (C=O) groups excluding carboxylic acids is 2. The lowest BCUT2D eigenvalue weighted by Gasteiger charge is -2.64. The molecular weight excluding hydrogens is 465 g/mol. The first kappa shape index (κ1) is 27.0. The third kappa shape index (κ3) is 3.25. The normalized spacial score (nSPS) is 43.5. The quantitative estimate of drug-likeness (QED) is 0.504. The Morgan fingerprint density at radius 2 is 1.92 bits per heavy atom. The van der Waals surface area contributed by atoms with E-state index in [1.807, 2.05) is 27.7 Å². The van der Waals surface area contributed by atoms with Gasteiger partial charge in [-0.2, -0.15) is 0 Å². The number of allylic oxidation sites excluding steroid dienone is 4. The molecule has 4 rings (SSSR count). The van der Waals surface area contributed by atoms with E-state index in [2.05, 4.69) is 0 Å². The molecule has 0 radical (unpaired) electrons. The van der Waals surface area contributed by atoms with Crippen molar-refractivity contribution in [2.75, 3.05) is 13.2 Å². The number of fused-ring (bicyclic) bond motifs is 5. The van der Waals surface area contributed by atoms with Gasteiger partial charge in [-0.3, -0.25) is 14.5 Å². The maximum Gasteiger partial charge on any atom is 0.408 e. The Bertz CT molecular complexity index is 1020. The van der Waals surface area contributed by atoms with Crippen molar-refractivity contribution in [1.29, 1.82) is 0 Å². The molecule has 3 fully saturated rings. The molecule has 200 valence electrons. The van der Waals surface area contributed by atoms with Crippen molar-refractivity contribution in [2.45, 2.75) is 84.0 Å². The first-order valence-electron chi connectivity index (χ1n) is 13.2. The largest absolute Gasteiger partial charge is 0.465 e. The summed E-state index contributed by atoms with van der Waals surface area (Å²) >= 11 is 0. The molecule has 36 heavy (non-hydrogen) atoms. The summed E-state index contributed by atoms with van der Waals surface area (Å²) in [6.07, 6.45) is 3.42. The molecule has 4 aliphatic rings. The molecule has 0 aromatic carbocycles. The Morgan fingerprint density at radius 3 is 2.50 bits per heavy atom. The number of hydrogen-bond donors (Lipinski definition) is 3. The van der Waals surface area contributed by atoms with E-state index in [1.165, 1.54) is 17.1 Å². The zero-order valence-corrected chi connectivity index (χ0v) is 22.0. The Balaban J connectivity index is 1.87. The van der Waals surface area contributed by atoms with Gasteiger partial charge in [-0.15, -0.1) is 0 Å². The molecule has 0 aromatic heterocycles. The minimum Gasteiger partial charge on any atom is -0.465 e. The number of Topliss-reactive ketones (excluding diaryl/α,β-unsaturated/α-hetero) is 1. The van der Waals surface area contributed by atoms with Crippen molar-refractivity contribution >= 4 is 17.7 Å². The predicted molar refractivity (Wildman–Crippen MR) is 132 cm³/mol. The van der Waals surface area contributed by atoms with Gasteiger partial charge >= 0.3 is 6.09 Å². The minimum absolute atomic E-state index is 0.113. The number of hydrogen-bond acceptors (Lipinski definition) is 5. The van der Waals surface area contributed by atoms with E-state index < -0.39 is 58.5 Å². The van der Waals surface area contributed by atoms with Crippen molar-refractivity contribution in [3.8, 4) is 0 Å². The number of carboxylic acid groups (broad SMARTS) is 1. The second kappa shape index (κ2) is 8.76. The van der Waals surface area contributed by atoms with E-state index in [-0.39, 0.29) is 30.6 Å². The first-order chi connectivity index (χ1) is 16.7. The number of amides is 1. The number of alkyl halides is 1. The van der Waals surface area contributed by atoms with Crippen LogP contribution < -0.4 is 0 Å². The maximum absolute atomic E-state index is 17.4. The van der Waals surface area contributed by atoms with Gasteiger partial charge in [-0.1, -0.05) is 39.3 Å². The zero-order chi connectivity index (χ0) is 26.8. The van der Waals surface area contributed by atoms with E-state index in [9.17, 15) is 29.7 Å². The third-order valence-corrected chi connectivity index (χ3v) is 10.4. The highest BCUT2D eigenvalue weighted by Crippen LogP contribution is 2.71. The molecule has 4 aliphatic carbocycles. The summed E-state index contributed by atoms with van der Waals surface area (Å²) in [5.74, 6) is -2.09. The predicted octanol–water partition coefficient (Wildman–Crippen LogP) is 3.93. The van der Waals surface area contributed by atoms with Crippen LogP contribution in [-0.2, 0) is 9.59 Å². The van der Waals surface area contributed by atoms with Crippen LogP contribution in [0.5, 0.6) is 0 Å². The number of carbonyl (C=O) groups is 3. The Hall–Kier alpha value is -2.06. The van der Waals surface area contributed by atoms with Crippen molar-refractivity contribution in [1.82, 2.24) is 4.90 Å². The van der Waals surface area contributed by atoms with Crippen molar-refractivity contribution in [2.24, 2.45) is 34.5 Å². The number of rotatable bonds is 6. The molecule has 0 spiro atoms. The Morgan fingerprint density at radius 1 is 1.25 bits per heavy atom. The van der Waals surface area contributed by atoms with Gasteiger partial charge < -0.3 is 15.3 Å². The molecule has 8 heteroatoms. The van der Waals surface area contributed by atoms with Gasteiger partial charge in [-0.05, 0) is 68.9 Å². The standard InChI is InChI=1S/C28H40FNO6/c1-16(2)9-11-30(24(35)36)28(23(34)15-31)17(3)12-21-20-7-6-18-13-19(32)8-10-25(18,4)27(20,29)22(33)14-26(21,28)5/h8,10,13,16-17,20-22,31,33H,6-7,9,11-12,14-15H2,1-5H3,(H,35,36)/t17-,20?,21?,22-,25-,26-,27?,28+/m0/s1. The monoisotopic (exact) mass is 505 g/mol. The van der Waals surface area contributed by atoms with Gasteiger partial charge in [0.2, 0.25) is 0 Å². The second-order valence-electron chi connectivity index (χ2n) is 12.4. The molecule has 3 unspecified atom stereocenters. The molecule has 0 bridgehead atoms. The van der Waals surface area contributed by atoms with Crippen LogP contribution in [-0.4, -0.2) is 68.3 Å².